The molecule has 0 aliphatic heterocycles. The van der Waals surface area contributed by atoms with Crippen molar-refractivity contribution in [1.29, 1.82) is 0 Å². The molecule has 0 amide bonds. The molecule has 0 saturated heterocycles. The van der Waals surface area contributed by atoms with Crippen molar-refractivity contribution in [3.8, 4) is 0 Å². The van der Waals surface area contributed by atoms with E-state index in [1.165, 1.54) is 0 Å². The van der Waals surface area contributed by atoms with Crippen LogP contribution in [0.15, 0.2) is 55.4 Å². The third kappa shape index (κ3) is 3.94. The Labute approximate surface area is 87.4 Å². The number of hydrogen-bond acceptors (Lipinski definition) is 1. The molecular weight excluding hydrogens is 170 g/mol. The van der Waals surface area contributed by atoms with Gasteiger partial charge in [0.25, 0.3) is 0 Å². The lowest BCUT2D eigenvalue weighted by Gasteiger charge is -2.13. The minimum Gasteiger partial charge on any atom is -0.325 e. The molecule has 76 valence electrons. The normalized spacial score (nSPS) is 9.07. The smallest absolute Gasteiger partial charge is 0.0448 e. The molecule has 0 aliphatic rings. The summed E-state index contributed by atoms with van der Waals surface area (Å²) in [5.74, 6) is 0. The Morgan fingerprint density at radius 1 is 1.14 bits per heavy atom. The topological polar surface area (TPSA) is 3.24 Å². The third-order valence-electron chi connectivity index (χ3n) is 1.56. The van der Waals surface area contributed by atoms with E-state index in [0.717, 1.165) is 5.69 Å². The summed E-state index contributed by atoms with van der Waals surface area (Å²) in [4.78, 5) is 1.97. The molecule has 1 heteroatoms. The Bertz CT molecular complexity index is 262. The maximum atomic E-state index is 3.73. The Morgan fingerprint density at radius 2 is 1.71 bits per heavy atom. The molecule has 1 rings (SSSR count). The maximum absolute atomic E-state index is 3.73. The molecule has 0 fully saturated rings. The van der Waals surface area contributed by atoms with Crippen LogP contribution < -0.4 is 4.90 Å². The van der Waals surface area contributed by atoms with Gasteiger partial charge in [0.05, 0.1) is 0 Å². The van der Waals surface area contributed by atoms with Gasteiger partial charge in [-0.3, -0.25) is 0 Å². The quantitative estimate of drug-likeness (QED) is 0.689. The second-order valence-electron chi connectivity index (χ2n) is 2.41. The molecule has 0 aromatic heterocycles. The van der Waals surface area contributed by atoms with Crippen LogP contribution in [-0.4, -0.2) is 0 Å². The van der Waals surface area contributed by atoms with Gasteiger partial charge in [0.15, 0.2) is 0 Å². The zero-order valence-electron chi connectivity index (χ0n) is 9.27. The summed E-state index contributed by atoms with van der Waals surface area (Å²) in [5, 5.41) is 0. The van der Waals surface area contributed by atoms with E-state index in [0.29, 0.717) is 0 Å². The highest BCUT2D eigenvalue weighted by Gasteiger charge is 1.94. The third-order valence-corrected chi connectivity index (χ3v) is 1.56. The lowest BCUT2D eigenvalue weighted by molar-refractivity contribution is 1.28. The molecule has 0 atom stereocenters. The molecule has 0 N–H and O–H groups in total. The fourth-order valence-corrected chi connectivity index (χ4v) is 1.01. The highest BCUT2D eigenvalue weighted by molar-refractivity contribution is 5.51. The second kappa shape index (κ2) is 8.11. The van der Waals surface area contributed by atoms with Crippen molar-refractivity contribution in [2.24, 2.45) is 0 Å². The Morgan fingerprint density at radius 3 is 2.14 bits per heavy atom. The first-order chi connectivity index (χ1) is 6.88. The number of hydrogen-bond donors (Lipinski definition) is 0. The van der Waals surface area contributed by atoms with Crippen LogP contribution in [0.5, 0.6) is 0 Å². The van der Waals surface area contributed by atoms with Crippen molar-refractivity contribution in [2.75, 3.05) is 4.90 Å². The van der Waals surface area contributed by atoms with Crippen LogP contribution >= 0.6 is 0 Å². The van der Waals surface area contributed by atoms with Gasteiger partial charge in [-0.15, -0.1) is 0 Å². The summed E-state index contributed by atoms with van der Waals surface area (Å²) >= 11 is 0. The highest BCUT2D eigenvalue weighted by Crippen LogP contribution is 2.13. The summed E-state index contributed by atoms with van der Waals surface area (Å²) in [6.45, 7) is 9.72. The van der Waals surface area contributed by atoms with Gasteiger partial charge < -0.3 is 4.90 Å². The van der Waals surface area contributed by atoms with Crippen molar-refractivity contribution in [1.82, 2.24) is 0 Å². The zero-order chi connectivity index (χ0) is 10.8. The molecule has 0 spiro atoms. The van der Waals surface area contributed by atoms with Crippen molar-refractivity contribution >= 4 is 5.69 Å². The van der Waals surface area contributed by atoms with Gasteiger partial charge in [0, 0.05) is 18.1 Å². The van der Waals surface area contributed by atoms with Gasteiger partial charge in [-0.2, -0.15) is 0 Å². The van der Waals surface area contributed by atoms with Gasteiger partial charge in [-0.1, -0.05) is 44.7 Å². The van der Waals surface area contributed by atoms with Gasteiger partial charge in [0.2, 0.25) is 0 Å². The van der Waals surface area contributed by atoms with Crippen molar-refractivity contribution in [2.45, 2.75) is 20.8 Å². The number of anilines is 1. The number of para-hydroxylation sites is 1. The highest BCUT2D eigenvalue weighted by atomic mass is 15.1. The fraction of sp³-hybridized carbons (Fsp3) is 0.231. The van der Waals surface area contributed by atoms with Crippen LogP contribution in [0.3, 0.4) is 0 Å². The van der Waals surface area contributed by atoms with E-state index in [1.54, 1.807) is 6.20 Å². The molecule has 1 nitrogen and oxygen atoms in total. The first-order valence-electron chi connectivity index (χ1n) is 4.97. The first kappa shape index (κ1) is 12.5. The fourth-order valence-electron chi connectivity index (χ4n) is 1.01. The largest absolute Gasteiger partial charge is 0.325 e. The van der Waals surface area contributed by atoms with Crippen LogP contribution in [0.4, 0.5) is 5.69 Å². The van der Waals surface area contributed by atoms with Crippen LogP contribution in [0.2, 0.25) is 0 Å². The number of benzene rings is 1. The number of allylic oxidation sites excluding steroid dienone is 1. The van der Waals surface area contributed by atoms with Gasteiger partial charge >= 0.3 is 0 Å². The summed E-state index contributed by atoms with van der Waals surface area (Å²) in [6.07, 6.45) is 5.74. The molecule has 1 aromatic rings. The van der Waals surface area contributed by atoms with E-state index >= 15 is 0 Å². The Kier molecular flexibility index (Phi) is 7.24. The average Bonchev–Trinajstić information content (AvgIpc) is 2.30. The second-order valence-corrected chi connectivity index (χ2v) is 2.41. The molecule has 0 bridgehead atoms. The number of nitrogens with zero attached hydrogens (tertiary/aromatic N) is 1. The summed E-state index contributed by atoms with van der Waals surface area (Å²) in [7, 11) is 0. The zero-order valence-corrected chi connectivity index (χ0v) is 9.27. The van der Waals surface area contributed by atoms with Crippen LogP contribution in [0.25, 0.3) is 0 Å². The van der Waals surface area contributed by atoms with Crippen LogP contribution in [-0.2, 0) is 0 Å². The molecule has 0 aliphatic carbocycles. The van der Waals surface area contributed by atoms with Crippen molar-refractivity contribution in [3.63, 3.8) is 0 Å². The SMILES string of the molecule is C=CN(C=CC)c1ccccc1.CC. The van der Waals surface area contributed by atoms with Gasteiger partial charge in [0.1, 0.15) is 0 Å². The molecule has 0 radical (unpaired) electrons. The molecule has 14 heavy (non-hydrogen) atoms. The van der Waals surface area contributed by atoms with E-state index in [1.807, 2.05) is 68.3 Å². The Balaban J connectivity index is 0.000000791. The van der Waals surface area contributed by atoms with Crippen molar-refractivity contribution < 1.29 is 0 Å². The van der Waals surface area contributed by atoms with Gasteiger partial charge in [-0.05, 0) is 19.1 Å². The minimum absolute atomic E-state index is 1.13. The van der Waals surface area contributed by atoms with E-state index in [9.17, 15) is 0 Å². The first-order valence-corrected chi connectivity index (χ1v) is 4.97. The van der Waals surface area contributed by atoms with E-state index in [4.69, 9.17) is 0 Å². The molecule has 0 saturated carbocycles. The maximum Gasteiger partial charge on any atom is 0.0448 e. The summed E-state index contributed by atoms with van der Waals surface area (Å²) in [5.41, 5.74) is 1.13. The summed E-state index contributed by atoms with van der Waals surface area (Å²) < 4.78 is 0. The van der Waals surface area contributed by atoms with E-state index in [2.05, 4.69) is 6.58 Å². The lowest BCUT2D eigenvalue weighted by atomic mass is 10.3. The minimum atomic E-state index is 1.13. The summed E-state index contributed by atoms with van der Waals surface area (Å²) in [6, 6.07) is 10.1. The predicted molar refractivity (Wildman–Crippen MR) is 65.3 cm³/mol. The van der Waals surface area contributed by atoms with Crippen LogP contribution in [0.1, 0.15) is 20.8 Å². The molecule has 0 heterocycles. The van der Waals surface area contributed by atoms with Crippen LogP contribution in [0, 0.1) is 0 Å². The van der Waals surface area contributed by atoms with E-state index < -0.39 is 0 Å². The standard InChI is InChI=1S/C11H13N.C2H6/c1-3-10-12(4-2)11-8-6-5-7-9-11;1-2/h3-10H,2H2,1H3;1-2H3. The van der Waals surface area contributed by atoms with Gasteiger partial charge in [-0.25, -0.2) is 0 Å². The molecule has 1 aromatic carbocycles. The average molecular weight is 189 g/mol. The predicted octanol–water partition coefficient (Wildman–Crippen LogP) is 4.20. The number of rotatable bonds is 3. The van der Waals surface area contributed by atoms with E-state index in [-0.39, 0.29) is 0 Å². The molecular formula is C13H19N. The Hall–Kier alpha value is -1.50. The van der Waals surface area contributed by atoms with Crippen molar-refractivity contribution in [3.05, 3.63) is 55.4 Å². The lowest BCUT2D eigenvalue weighted by Crippen LogP contribution is -2.04. The monoisotopic (exact) mass is 189 g/mol. The molecule has 0 unspecified atom stereocenters.